The Morgan fingerprint density at radius 3 is 2.36 bits per heavy atom. The molecule has 0 spiro atoms. The van der Waals surface area contributed by atoms with Crippen molar-refractivity contribution in [3.63, 3.8) is 0 Å². The van der Waals surface area contributed by atoms with E-state index in [4.69, 9.17) is 16.3 Å². The van der Waals surface area contributed by atoms with Crippen LogP contribution in [0.4, 0.5) is 5.69 Å². The molecule has 2 aromatic rings. The number of hydrogen-bond acceptors (Lipinski definition) is 5. The van der Waals surface area contributed by atoms with Crippen LogP contribution in [-0.4, -0.2) is 60.5 Å². The van der Waals surface area contributed by atoms with Crippen molar-refractivity contribution in [2.75, 3.05) is 44.2 Å². The number of nitrogens with zero attached hydrogens (tertiary/aromatic N) is 2. The van der Waals surface area contributed by atoms with E-state index in [2.05, 4.69) is 9.80 Å². The highest BCUT2D eigenvalue weighted by Gasteiger charge is 2.20. The fourth-order valence-electron chi connectivity index (χ4n) is 2.97. The third-order valence-corrected chi connectivity index (χ3v) is 4.63. The van der Waals surface area contributed by atoms with Crippen molar-refractivity contribution < 1.29 is 14.9 Å². The van der Waals surface area contributed by atoms with E-state index in [0.29, 0.717) is 12.3 Å². The Labute approximate surface area is 153 Å². The largest absolute Gasteiger partial charge is 0.508 e. The number of aliphatic hydroxyl groups is 1. The minimum Gasteiger partial charge on any atom is -0.508 e. The molecule has 1 aliphatic heterocycles. The number of aromatic hydroxyl groups is 1. The molecule has 0 bridgehead atoms. The van der Waals surface area contributed by atoms with Gasteiger partial charge in [-0.2, -0.15) is 0 Å². The summed E-state index contributed by atoms with van der Waals surface area (Å²) < 4.78 is 5.55. The van der Waals surface area contributed by atoms with Gasteiger partial charge in [-0.1, -0.05) is 23.7 Å². The number of phenolic OH excluding ortho intramolecular Hbond substituents is 1. The number of piperazine rings is 1. The minimum absolute atomic E-state index is 0.198. The molecule has 0 radical (unpaired) electrons. The van der Waals surface area contributed by atoms with Gasteiger partial charge < -0.3 is 19.8 Å². The van der Waals surface area contributed by atoms with Crippen LogP contribution in [-0.2, 0) is 0 Å². The number of halogens is 1. The monoisotopic (exact) mass is 362 g/mol. The number of phenols is 1. The number of rotatable bonds is 6. The summed E-state index contributed by atoms with van der Waals surface area (Å²) in [4.78, 5) is 4.51. The Morgan fingerprint density at radius 1 is 1.00 bits per heavy atom. The molecule has 2 aromatic carbocycles. The van der Waals surface area contributed by atoms with E-state index in [-0.39, 0.29) is 12.4 Å². The highest BCUT2D eigenvalue weighted by molar-refractivity contribution is 6.33. The second kappa shape index (κ2) is 8.43. The molecule has 0 unspecified atom stereocenters. The van der Waals surface area contributed by atoms with E-state index in [0.717, 1.165) is 36.9 Å². The van der Waals surface area contributed by atoms with Crippen molar-refractivity contribution in [3.8, 4) is 11.5 Å². The van der Waals surface area contributed by atoms with Crippen molar-refractivity contribution in [1.82, 2.24) is 4.90 Å². The first kappa shape index (κ1) is 17.9. The van der Waals surface area contributed by atoms with Crippen LogP contribution in [0.25, 0.3) is 0 Å². The first-order valence-corrected chi connectivity index (χ1v) is 8.81. The molecule has 5 nitrogen and oxygen atoms in total. The minimum atomic E-state index is -0.555. The molecule has 2 N–H and O–H groups in total. The Kier molecular flexibility index (Phi) is 6.02. The standard InChI is InChI=1S/C19H23ClN2O3/c20-18-3-1-2-4-19(18)22-11-9-21(10-12-22)13-16(24)14-25-17-7-5-15(23)6-8-17/h1-8,16,23-24H,9-14H2/t16-/m0/s1. The Balaban J connectivity index is 1.42. The molecule has 0 aromatic heterocycles. The number of anilines is 1. The third kappa shape index (κ3) is 5.01. The molecule has 1 atom stereocenters. The molecule has 134 valence electrons. The lowest BCUT2D eigenvalue weighted by atomic mass is 10.2. The van der Waals surface area contributed by atoms with Crippen LogP contribution in [0.2, 0.25) is 5.02 Å². The highest BCUT2D eigenvalue weighted by Crippen LogP contribution is 2.26. The maximum absolute atomic E-state index is 10.2. The Hall–Kier alpha value is -1.95. The number of ether oxygens (including phenoxy) is 1. The maximum atomic E-state index is 10.2. The fourth-order valence-corrected chi connectivity index (χ4v) is 3.22. The normalized spacial score (nSPS) is 16.6. The van der Waals surface area contributed by atoms with Gasteiger partial charge in [0.2, 0.25) is 0 Å². The lowest BCUT2D eigenvalue weighted by molar-refractivity contribution is 0.0663. The van der Waals surface area contributed by atoms with E-state index in [1.54, 1.807) is 24.3 Å². The van der Waals surface area contributed by atoms with Gasteiger partial charge in [-0.3, -0.25) is 4.90 Å². The quantitative estimate of drug-likeness (QED) is 0.827. The van der Waals surface area contributed by atoms with Crippen LogP contribution >= 0.6 is 11.6 Å². The smallest absolute Gasteiger partial charge is 0.119 e. The van der Waals surface area contributed by atoms with E-state index < -0.39 is 6.10 Å². The van der Waals surface area contributed by atoms with Crippen LogP contribution < -0.4 is 9.64 Å². The zero-order valence-corrected chi connectivity index (χ0v) is 14.8. The summed E-state index contributed by atoms with van der Waals surface area (Å²) in [6.07, 6.45) is -0.555. The van der Waals surface area contributed by atoms with Crippen LogP contribution in [0.1, 0.15) is 0 Å². The van der Waals surface area contributed by atoms with Crippen LogP contribution in [0.5, 0.6) is 11.5 Å². The van der Waals surface area contributed by atoms with Crippen LogP contribution in [0.15, 0.2) is 48.5 Å². The summed E-state index contributed by atoms with van der Waals surface area (Å²) >= 11 is 6.26. The predicted octanol–water partition coefficient (Wildman–Crippen LogP) is 2.61. The molecule has 1 heterocycles. The van der Waals surface area contributed by atoms with Gasteiger partial charge in [0.05, 0.1) is 10.7 Å². The number of β-amino-alcohol motifs (C(OH)–C–C–N with tert-alkyl or cyclic N) is 1. The number of aliphatic hydroxyl groups excluding tert-OH is 1. The van der Waals surface area contributed by atoms with Gasteiger partial charge >= 0.3 is 0 Å². The van der Waals surface area contributed by atoms with E-state index in [1.165, 1.54) is 0 Å². The average molecular weight is 363 g/mol. The lowest BCUT2D eigenvalue weighted by Crippen LogP contribution is -2.49. The average Bonchev–Trinajstić information content (AvgIpc) is 2.62. The molecule has 1 fully saturated rings. The molecule has 25 heavy (non-hydrogen) atoms. The predicted molar refractivity (Wildman–Crippen MR) is 99.7 cm³/mol. The van der Waals surface area contributed by atoms with E-state index in [1.807, 2.05) is 24.3 Å². The van der Waals surface area contributed by atoms with Gasteiger partial charge in [0.25, 0.3) is 0 Å². The van der Waals surface area contributed by atoms with Gasteiger partial charge in [0.15, 0.2) is 0 Å². The summed E-state index contributed by atoms with van der Waals surface area (Å²) in [5.41, 5.74) is 1.07. The lowest BCUT2D eigenvalue weighted by Gasteiger charge is -2.37. The molecular weight excluding hydrogens is 340 g/mol. The molecule has 1 aliphatic rings. The SMILES string of the molecule is Oc1ccc(OC[C@@H](O)CN2CCN(c3ccccc3Cl)CC2)cc1. The highest BCUT2D eigenvalue weighted by atomic mass is 35.5. The van der Waals surface area contributed by atoms with Gasteiger partial charge in [0.1, 0.15) is 24.2 Å². The third-order valence-electron chi connectivity index (χ3n) is 4.31. The van der Waals surface area contributed by atoms with Crippen molar-refractivity contribution >= 4 is 17.3 Å². The van der Waals surface area contributed by atoms with E-state index >= 15 is 0 Å². The van der Waals surface area contributed by atoms with Crippen molar-refractivity contribution in [2.24, 2.45) is 0 Å². The topological polar surface area (TPSA) is 56.2 Å². The maximum Gasteiger partial charge on any atom is 0.119 e. The van der Waals surface area contributed by atoms with Gasteiger partial charge in [-0.15, -0.1) is 0 Å². The zero-order valence-electron chi connectivity index (χ0n) is 14.0. The summed E-state index contributed by atoms with van der Waals surface area (Å²) in [6.45, 7) is 4.33. The summed E-state index contributed by atoms with van der Waals surface area (Å²) in [5, 5.41) is 20.2. The Morgan fingerprint density at radius 2 is 1.68 bits per heavy atom. The Bertz CT molecular complexity index is 673. The van der Waals surface area contributed by atoms with Crippen molar-refractivity contribution in [2.45, 2.75) is 6.10 Å². The molecular formula is C19H23ClN2O3. The van der Waals surface area contributed by atoms with Crippen LogP contribution in [0.3, 0.4) is 0 Å². The molecule has 0 amide bonds. The summed E-state index contributed by atoms with van der Waals surface area (Å²) in [5.74, 6) is 0.838. The second-order valence-corrected chi connectivity index (χ2v) is 6.60. The molecule has 0 aliphatic carbocycles. The molecule has 0 saturated carbocycles. The van der Waals surface area contributed by atoms with Gasteiger partial charge in [0, 0.05) is 32.7 Å². The molecule has 3 rings (SSSR count). The number of para-hydroxylation sites is 1. The zero-order chi connectivity index (χ0) is 17.6. The first-order chi connectivity index (χ1) is 12.1. The number of benzene rings is 2. The second-order valence-electron chi connectivity index (χ2n) is 6.20. The van der Waals surface area contributed by atoms with Gasteiger partial charge in [-0.25, -0.2) is 0 Å². The van der Waals surface area contributed by atoms with Gasteiger partial charge in [-0.05, 0) is 36.4 Å². The fraction of sp³-hybridized carbons (Fsp3) is 0.368. The summed E-state index contributed by atoms with van der Waals surface area (Å²) in [6, 6.07) is 14.4. The first-order valence-electron chi connectivity index (χ1n) is 8.43. The van der Waals surface area contributed by atoms with E-state index in [9.17, 15) is 10.2 Å². The molecule has 1 saturated heterocycles. The van der Waals surface area contributed by atoms with Crippen LogP contribution in [0, 0.1) is 0 Å². The molecule has 6 heteroatoms. The number of hydrogen-bond donors (Lipinski definition) is 2. The van der Waals surface area contributed by atoms with Crippen molar-refractivity contribution in [3.05, 3.63) is 53.6 Å². The summed E-state index contributed by atoms with van der Waals surface area (Å²) in [7, 11) is 0. The van der Waals surface area contributed by atoms with Crippen molar-refractivity contribution in [1.29, 1.82) is 0 Å².